The Morgan fingerprint density at radius 3 is 2.50 bits per heavy atom. The maximum Gasteiger partial charge on any atom is 0.260 e. The third-order valence-corrected chi connectivity index (χ3v) is 6.89. The van der Waals surface area contributed by atoms with Gasteiger partial charge in [0.2, 0.25) is 0 Å². The van der Waals surface area contributed by atoms with Crippen molar-refractivity contribution in [1.82, 2.24) is 9.80 Å². The largest absolute Gasteiger partial charge is 0.496 e. The summed E-state index contributed by atoms with van der Waals surface area (Å²) in [6, 6.07) is 15.5. The van der Waals surface area contributed by atoms with Gasteiger partial charge in [-0.15, -0.1) is 0 Å². The Morgan fingerprint density at radius 1 is 1.04 bits per heavy atom. The van der Waals surface area contributed by atoms with Gasteiger partial charge in [0, 0.05) is 18.5 Å². The third-order valence-electron chi connectivity index (χ3n) is 6.89. The minimum absolute atomic E-state index is 0.0638. The normalized spacial score (nSPS) is 30.9. The van der Waals surface area contributed by atoms with Gasteiger partial charge in [-0.3, -0.25) is 9.69 Å². The molecule has 0 N–H and O–H groups in total. The molecular formula is C23H25FN2O2. The molecule has 2 bridgehead atoms. The Labute approximate surface area is 164 Å². The number of nitrogens with zero attached hydrogens (tertiary/aromatic N) is 2. The van der Waals surface area contributed by atoms with E-state index in [1.165, 1.54) is 18.7 Å². The quantitative estimate of drug-likeness (QED) is 0.817. The van der Waals surface area contributed by atoms with Crippen molar-refractivity contribution in [3.63, 3.8) is 0 Å². The maximum absolute atomic E-state index is 14.6. The van der Waals surface area contributed by atoms with Crippen LogP contribution in [0.25, 0.3) is 0 Å². The van der Waals surface area contributed by atoms with Crippen LogP contribution in [0, 0.1) is 11.7 Å². The Kier molecular flexibility index (Phi) is 4.35. The average Bonchev–Trinajstić information content (AvgIpc) is 3.17. The van der Waals surface area contributed by atoms with Gasteiger partial charge in [-0.25, -0.2) is 4.39 Å². The molecular weight excluding hydrogens is 355 g/mol. The summed E-state index contributed by atoms with van der Waals surface area (Å²) in [7, 11) is 1.49. The second-order valence-electron chi connectivity index (χ2n) is 8.15. The first-order chi connectivity index (χ1) is 13.7. The summed E-state index contributed by atoms with van der Waals surface area (Å²) < 4.78 is 20.0. The second-order valence-corrected chi connectivity index (χ2v) is 8.15. The molecule has 1 amide bonds. The molecule has 6 rings (SSSR count). The maximum atomic E-state index is 14.6. The van der Waals surface area contributed by atoms with Crippen molar-refractivity contribution in [2.24, 2.45) is 5.92 Å². The van der Waals surface area contributed by atoms with Crippen molar-refractivity contribution >= 4 is 5.91 Å². The summed E-state index contributed by atoms with van der Waals surface area (Å²) in [5, 5.41) is 0. The predicted octanol–water partition coefficient (Wildman–Crippen LogP) is 3.54. The van der Waals surface area contributed by atoms with Gasteiger partial charge in [0.25, 0.3) is 5.91 Å². The van der Waals surface area contributed by atoms with Crippen molar-refractivity contribution in [3.05, 3.63) is 65.5 Å². The van der Waals surface area contributed by atoms with E-state index in [9.17, 15) is 9.18 Å². The monoisotopic (exact) mass is 380 g/mol. The topological polar surface area (TPSA) is 32.8 Å². The number of hydrogen-bond acceptors (Lipinski definition) is 3. The highest BCUT2D eigenvalue weighted by Gasteiger charge is 2.55. The molecule has 5 heteroatoms. The number of ether oxygens (including phenoxy) is 1. The molecule has 0 spiro atoms. The van der Waals surface area contributed by atoms with E-state index in [4.69, 9.17) is 4.74 Å². The van der Waals surface area contributed by atoms with Crippen molar-refractivity contribution in [1.29, 1.82) is 0 Å². The highest BCUT2D eigenvalue weighted by molar-refractivity contribution is 5.97. The number of fused-ring (bicyclic) bond motifs is 2. The molecule has 0 aromatic heterocycles. The van der Waals surface area contributed by atoms with E-state index in [2.05, 4.69) is 29.2 Å². The Balaban J connectivity index is 1.56. The molecule has 0 radical (unpaired) electrons. The van der Waals surface area contributed by atoms with Gasteiger partial charge < -0.3 is 9.64 Å². The number of piperidine rings is 3. The number of likely N-dealkylation sites (tertiary alicyclic amines) is 1. The zero-order valence-corrected chi connectivity index (χ0v) is 16.1. The van der Waals surface area contributed by atoms with Gasteiger partial charge in [0.15, 0.2) is 0 Å². The molecule has 146 valence electrons. The van der Waals surface area contributed by atoms with Crippen molar-refractivity contribution < 1.29 is 13.9 Å². The van der Waals surface area contributed by atoms with Crippen LogP contribution in [0.5, 0.6) is 5.75 Å². The molecule has 0 unspecified atom stereocenters. The Morgan fingerprint density at radius 2 is 1.79 bits per heavy atom. The number of methoxy groups -OCH3 is 1. The van der Waals surface area contributed by atoms with Crippen LogP contribution in [-0.2, 0) is 0 Å². The summed E-state index contributed by atoms with van der Waals surface area (Å²) in [6.45, 7) is 2.82. The number of benzene rings is 2. The van der Waals surface area contributed by atoms with Crippen LogP contribution >= 0.6 is 0 Å². The predicted molar refractivity (Wildman–Crippen MR) is 105 cm³/mol. The highest BCUT2D eigenvalue weighted by atomic mass is 19.1. The molecule has 4 saturated heterocycles. The first-order valence-electron chi connectivity index (χ1n) is 10.1. The molecule has 0 aliphatic carbocycles. The van der Waals surface area contributed by atoms with Crippen LogP contribution in [-0.4, -0.2) is 54.5 Å². The highest BCUT2D eigenvalue weighted by Crippen LogP contribution is 2.47. The van der Waals surface area contributed by atoms with E-state index >= 15 is 0 Å². The summed E-state index contributed by atoms with van der Waals surface area (Å²) in [5.74, 6) is 0.315. The first kappa shape index (κ1) is 17.7. The second kappa shape index (κ2) is 6.89. The van der Waals surface area contributed by atoms with Gasteiger partial charge in [-0.2, -0.15) is 0 Å². The van der Waals surface area contributed by atoms with Crippen molar-refractivity contribution in [3.8, 4) is 5.75 Å². The fourth-order valence-electron chi connectivity index (χ4n) is 5.67. The van der Waals surface area contributed by atoms with Gasteiger partial charge in [-0.05, 0) is 49.5 Å². The number of amides is 1. The summed E-state index contributed by atoms with van der Waals surface area (Å²) in [6.07, 6.45) is 2.22. The molecule has 2 aromatic carbocycles. The zero-order chi connectivity index (χ0) is 19.3. The van der Waals surface area contributed by atoms with Crippen LogP contribution in [0.2, 0.25) is 0 Å². The van der Waals surface area contributed by atoms with E-state index in [0.717, 1.165) is 25.9 Å². The smallest absolute Gasteiger partial charge is 0.260 e. The lowest BCUT2D eigenvalue weighted by Gasteiger charge is -2.51. The lowest BCUT2D eigenvalue weighted by molar-refractivity contribution is -0.00362. The molecule has 4 aliphatic heterocycles. The molecule has 3 atom stereocenters. The fraction of sp³-hybridized carbons (Fsp3) is 0.435. The van der Waals surface area contributed by atoms with E-state index in [1.807, 2.05) is 11.0 Å². The number of rotatable bonds is 3. The summed E-state index contributed by atoms with van der Waals surface area (Å²) in [5.41, 5.74) is 1.33. The standard InChI is InChI=1S/C23H25FN2O2/c1-28-19-9-5-8-18(24)20(19)23(27)26-14-17(15-6-3-2-4-7-15)22-21(26)16-10-12-25(22)13-11-16/h2-9,16-17,21-22H,10-14H2,1H3/t17-,21+,22+/m0/s1. The van der Waals surface area contributed by atoms with Gasteiger partial charge in [0.1, 0.15) is 17.1 Å². The van der Waals surface area contributed by atoms with Crippen molar-refractivity contribution in [2.45, 2.75) is 30.8 Å². The molecule has 2 aromatic rings. The van der Waals surface area contributed by atoms with E-state index in [0.29, 0.717) is 24.3 Å². The number of carbonyl (C=O) groups is 1. The third kappa shape index (κ3) is 2.64. The molecule has 28 heavy (non-hydrogen) atoms. The van der Waals surface area contributed by atoms with Gasteiger partial charge in [0.05, 0.1) is 13.2 Å². The first-order valence-corrected chi connectivity index (χ1v) is 10.1. The lowest BCUT2D eigenvalue weighted by atomic mass is 9.75. The average molecular weight is 380 g/mol. The SMILES string of the molecule is COc1cccc(F)c1C(=O)N1C[C@@H](c2ccccc2)[C@@H]2[C@H]1C1CCN2CC1. The van der Waals surface area contributed by atoms with Crippen LogP contribution in [0.3, 0.4) is 0 Å². The van der Waals surface area contributed by atoms with Crippen LogP contribution in [0.4, 0.5) is 4.39 Å². The minimum Gasteiger partial charge on any atom is -0.496 e. The van der Waals surface area contributed by atoms with E-state index in [1.54, 1.807) is 12.1 Å². The van der Waals surface area contributed by atoms with Gasteiger partial charge >= 0.3 is 0 Å². The summed E-state index contributed by atoms with van der Waals surface area (Å²) in [4.78, 5) is 18.0. The molecule has 4 heterocycles. The van der Waals surface area contributed by atoms with Crippen LogP contribution in [0.15, 0.2) is 48.5 Å². The zero-order valence-electron chi connectivity index (χ0n) is 16.1. The number of halogens is 1. The lowest BCUT2D eigenvalue weighted by Crippen LogP contribution is -2.60. The number of hydrogen-bond donors (Lipinski definition) is 0. The molecule has 4 aliphatic rings. The molecule has 4 nitrogen and oxygen atoms in total. The van der Waals surface area contributed by atoms with E-state index < -0.39 is 5.82 Å². The van der Waals surface area contributed by atoms with Crippen LogP contribution in [0.1, 0.15) is 34.7 Å². The van der Waals surface area contributed by atoms with Crippen LogP contribution < -0.4 is 4.74 Å². The van der Waals surface area contributed by atoms with Crippen molar-refractivity contribution in [2.75, 3.05) is 26.7 Å². The Hall–Kier alpha value is -2.40. The minimum atomic E-state index is -0.509. The number of carbonyl (C=O) groups excluding carboxylic acids is 1. The fourth-order valence-corrected chi connectivity index (χ4v) is 5.67. The molecule has 4 fully saturated rings. The Bertz CT molecular complexity index is 879. The summed E-state index contributed by atoms with van der Waals surface area (Å²) >= 11 is 0. The van der Waals surface area contributed by atoms with Gasteiger partial charge in [-0.1, -0.05) is 36.4 Å². The molecule has 0 saturated carbocycles. The van der Waals surface area contributed by atoms with E-state index in [-0.39, 0.29) is 23.4 Å².